The fraction of sp³-hybridized carbons (Fsp3) is 0.615. The molecule has 0 amide bonds. The predicted octanol–water partition coefficient (Wildman–Crippen LogP) is 2.96. The summed E-state index contributed by atoms with van der Waals surface area (Å²) in [7, 11) is 1.29. The Morgan fingerprint density at radius 2 is 2.00 bits per heavy atom. The molecule has 0 aromatic carbocycles. The number of anilines is 1. The second-order valence-electron chi connectivity index (χ2n) is 5.13. The second-order valence-corrected chi connectivity index (χ2v) is 5.13. The molecule has 1 heterocycles. The quantitative estimate of drug-likeness (QED) is 0.817. The Balaban J connectivity index is 2.83. The Kier molecular flexibility index (Phi) is 5.74. The summed E-state index contributed by atoms with van der Waals surface area (Å²) in [6, 6.07) is 1.21. The molecule has 0 aliphatic rings. The molecule has 0 spiro atoms. The standard InChI is InChI=1S/C13H19F4N3/c1-9(2)5-18-6-10-4-11(14)7-19-12(10)20(3)8-13(15,16)17/h4,7,9,18H,5-6,8H2,1-3H3. The summed E-state index contributed by atoms with van der Waals surface area (Å²) in [6.07, 6.45) is -3.40. The molecule has 7 heteroatoms. The lowest BCUT2D eigenvalue weighted by Crippen LogP contribution is -2.32. The van der Waals surface area contributed by atoms with Crippen LogP contribution in [0.4, 0.5) is 23.4 Å². The summed E-state index contributed by atoms with van der Waals surface area (Å²) >= 11 is 0. The van der Waals surface area contributed by atoms with Crippen molar-refractivity contribution in [2.24, 2.45) is 5.92 Å². The van der Waals surface area contributed by atoms with Crippen molar-refractivity contribution >= 4 is 5.82 Å². The van der Waals surface area contributed by atoms with Crippen LogP contribution in [-0.4, -0.2) is 31.3 Å². The van der Waals surface area contributed by atoms with E-state index in [0.29, 0.717) is 18.0 Å². The van der Waals surface area contributed by atoms with Gasteiger partial charge in [-0.1, -0.05) is 13.8 Å². The van der Waals surface area contributed by atoms with Crippen LogP contribution in [0, 0.1) is 11.7 Å². The van der Waals surface area contributed by atoms with Gasteiger partial charge in [-0.15, -0.1) is 0 Å². The van der Waals surface area contributed by atoms with E-state index >= 15 is 0 Å². The normalized spacial score (nSPS) is 12.0. The number of aromatic nitrogens is 1. The summed E-state index contributed by atoms with van der Waals surface area (Å²) in [5.41, 5.74) is 0.414. The monoisotopic (exact) mass is 293 g/mol. The molecule has 0 aliphatic heterocycles. The van der Waals surface area contributed by atoms with Crippen molar-refractivity contribution in [3.63, 3.8) is 0 Å². The zero-order valence-electron chi connectivity index (χ0n) is 11.8. The number of alkyl halides is 3. The SMILES string of the molecule is CC(C)CNCc1cc(F)cnc1N(C)CC(F)(F)F. The average molecular weight is 293 g/mol. The number of rotatable bonds is 6. The van der Waals surface area contributed by atoms with Gasteiger partial charge in [-0.05, 0) is 18.5 Å². The highest BCUT2D eigenvalue weighted by Gasteiger charge is 2.30. The molecule has 1 aromatic heterocycles. The van der Waals surface area contributed by atoms with Crippen LogP contribution >= 0.6 is 0 Å². The van der Waals surface area contributed by atoms with Gasteiger partial charge in [0, 0.05) is 19.2 Å². The highest BCUT2D eigenvalue weighted by atomic mass is 19.4. The van der Waals surface area contributed by atoms with E-state index in [-0.39, 0.29) is 12.4 Å². The molecule has 114 valence electrons. The van der Waals surface area contributed by atoms with Crippen LogP contribution in [0.25, 0.3) is 0 Å². The lowest BCUT2D eigenvalue weighted by molar-refractivity contribution is -0.119. The van der Waals surface area contributed by atoms with Gasteiger partial charge >= 0.3 is 6.18 Å². The number of hydrogen-bond acceptors (Lipinski definition) is 3. The van der Waals surface area contributed by atoms with E-state index in [1.807, 2.05) is 13.8 Å². The van der Waals surface area contributed by atoms with Crippen molar-refractivity contribution in [3.05, 3.63) is 23.6 Å². The van der Waals surface area contributed by atoms with Gasteiger partial charge in [0.15, 0.2) is 0 Å². The molecule has 1 aromatic rings. The molecular formula is C13H19F4N3. The summed E-state index contributed by atoms with van der Waals surface area (Å²) in [6.45, 7) is 3.86. The Morgan fingerprint density at radius 3 is 2.55 bits per heavy atom. The highest BCUT2D eigenvalue weighted by molar-refractivity contribution is 5.46. The van der Waals surface area contributed by atoms with Crippen molar-refractivity contribution in [3.8, 4) is 0 Å². The van der Waals surface area contributed by atoms with Gasteiger partial charge in [-0.2, -0.15) is 13.2 Å². The largest absolute Gasteiger partial charge is 0.405 e. The van der Waals surface area contributed by atoms with Crippen molar-refractivity contribution in [1.29, 1.82) is 0 Å². The molecule has 0 radical (unpaired) electrons. The first-order chi connectivity index (χ1) is 9.19. The number of nitrogens with zero attached hydrogens (tertiary/aromatic N) is 2. The van der Waals surface area contributed by atoms with Gasteiger partial charge in [0.25, 0.3) is 0 Å². The minimum Gasteiger partial charge on any atom is -0.350 e. The number of nitrogens with one attached hydrogen (secondary N) is 1. The third-order valence-electron chi connectivity index (χ3n) is 2.56. The summed E-state index contributed by atoms with van der Waals surface area (Å²) in [5, 5.41) is 3.07. The van der Waals surface area contributed by atoms with Crippen LogP contribution < -0.4 is 10.2 Å². The van der Waals surface area contributed by atoms with Gasteiger partial charge in [0.05, 0.1) is 6.20 Å². The molecule has 0 saturated heterocycles. The molecule has 0 fully saturated rings. The van der Waals surface area contributed by atoms with Gasteiger partial charge in [0.1, 0.15) is 18.2 Å². The van der Waals surface area contributed by atoms with E-state index in [1.54, 1.807) is 0 Å². The maximum atomic E-state index is 13.2. The fourth-order valence-electron chi connectivity index (χ4n) is 1.79. The maximum absolute atomic E-state index is 13.2. The van der Waals surface area contributed by atoms with E-state index in [4.69, 9.17) is 0 Å². The molecule has 1 rings (SSSR count). The van der Waals surface area contributed by atoms with Crippen molar-refractivity contribution in [1.82, 2.24) is 10.3 Å². The zero-order chi connectivity index (χ0) is 15.3. The van der Waals surface area contributed by atoms with Gasteiger partial charge < -0.3 is 10.2 Å². The Morgan fingerprint density at radius 1 is 1.35 bits per heavy atom. The van der Waals surface area contributed by atoms with E-state index in [9.17, 15) is 17.6 Å². The van der Waals surface area contributed by atoms with Crippen LogP contribution in [0.1, 0.15) is 19.4 Å². The van der Waals surface area contributed by atoms with Crippen molar-refractivity contribution in [2.75, 3.05) is 25.0 Å². The van der Waals surface area contributed by atoms with Gasteiger partial charge in [0.2, 0.25) is 0 Å². The first-order valence-corrected chi connectivity index (χ1v) is 6.32. The first kappa shape index (κ1) is 16.7. The van der Waals surface area contributed by atoms with Crippen molar-refractivity contribution < 1.29 is 17.6 Å². The Labute approximate surface area is 116 Å². The molecule has 0 saturated carbocycles. The average Bonchev–Trinajstić information content (AvgIpc) is 2.25. The lowest BCUT2D eigenvalue weighted by Gasteiger charge is -2.22. The number of pyridine rings is 1. The fourth-order valence-corrected chi connectivity index (χ4v) is 1.79. The van der Waals surface area contributed by atoms with E-state index < -0.39 is 18.5 Å². The zero-order valence-corrected chi connectivity index (χ0v) is 11.8. The second kappa shape index (κ2) is 6.88. The van der Waals surface area contributed by atoms with Gasteiger partial charge in [-0.25, -0.2) is 9.37 Å². The third kappa shape index (κ3) is 5.73. The molecule has 3 nitrogen and oxygen atoms in total. The predicted molar refractivity (Wildman–Crippen MR) is 70.1 cm³/mol. The molecule has 0 bridgehead atoms. The summed E-state index contributed by atoms with van der Waals surface area (Å²) in [4.78, 5) is 4.75. The van der Waals surface area contributed by atoms with E-state index in [0.717, 1.165) is 11.1 Å². The summed E-state index contributed by atoms with van der Waals surface area (Å²) < 4.78 is 50.4. The van der Waals surface area contributed by atoms with Gasteiger partial charge in [-0.3, -0.25) is 0 Å². The molecule has 0 aliphatic carbocycles. The van der Waals surface area contributed by atoms with Crippen LogP contribution in [0.3, 0.4) is 0 Å². The summed E-state index contributed by atoms with van der Waals surface area (Å²) in [5.74, 6) is -0.0247. The molecule has 0 atom stereocenters. The van der Waals surface area contributed by atoms with Crippen LogP contribution in [-0.2, 0) is 6.54 Å². The molecule has 20 heavy (non-hydrogen) atoms. The number of halogens is 4. The topological polar surface area (TPSA) is 28.2 Å². The molecular weight excluding hydrogens is 274 g/mol. The third-order valence-corrected chi connectivity index (χ3v) is 2.56. The van der Waals surface area contributed by atoms with Crippen LogP contribution in [0.2, 0.25) is 0 Å². The minimum absolute atomic E-state index is 0.139. The maximum Gasteiger partial charge on any atom is 0.405 e. The smallest absolute Gasteiger partial charge is 0.350 e. The van der Waals surface area contributed by atoms with E-state index in [1.165, 1.54) is 13.1 Å². The Bertz CT molecular complexity index is 432. The molecule has 1 N–H and O–H groups in total. The lowest BCUT2D eigenvalue weighted by atomic mass is 10.2. The van der Waals surface area contributed by atoms with Crippen LogP contribution in [0.15, 0.2) is 12.3 Å². The highest BCUT2D eigenvalue weighted by Crippen LogP contribution is 2.22. The number of hydrogen-bond donors (Lipinski definition) is 1. The van der Waals surface area contributed by atoms with Crippen LogP contribution in [0.5, 0.6) is 0 Å². The Hall–Kier alpha value is -1.37. The first-order valence-electron chi connectivity index (χ1n) is 6.32. The molecule has 0 unspecified atom stereocenters. The van der Waals surface area contributed by atoms with E-state index in [2.05, 4.69) is 10.3 Å². The van der Waals surface area contributed by atoms with Crippen molar-refractivity contribution in [2.45, 2.75) is 26.6 Å². The minimum atomic E-state index is -4.33.